The van der Waals surface area contributed by atoms with Crippen LogP contribution in [0.2, 0.25) is 0 Å². The molecule has 0 bridgehead atoms. The number of nitriles is 1. The van der Waals surface area contributed by atoms with E-state index in [0.717, 1.165) is 11.1 Å². The monoisotopic (exact) mass is 346 g/mol. The lowest BCUT2D eigenvalue weighted by atomic mass is 10.2. The number of halogens is 2. The first-order chi connectivity index (χ1) is 9.69. The van der Waals surface area contributed by atoms with Crippen molar-refractivity contribution in [1.82, 2.24) is 0 Å². The summed E-state index contributed by atoms with van der Waals surface area (Å²) in [6.07, 6.45) is 0. The fourth-order valence-corrected chi connectivity index (χ4v) is 3.14. The smallest absolute Gasteiger partial charge is 0.162 e. The van der Waals surface area contributed by atoms with Gasteiger partial charge in [0.15, 0.2) is 5.82 Å². The average Bonchev–Trinajstić information content (AvgIpc) is 2.92. The van der Waals surface area contributed by atoms with Crippen LogP contribution in [0.1, 0.15) is 5.56 Å². The predicted octanol–water partition coefficient (Wildman–Crippen LogP) is 5.42. The molecule has 1 N–H and O–H groups in total. The maximum atomic E-state index is 14.1. The minimum atomic E-state index is -0.463. The second kappa shape index (κ2) is 5.23. The molecule has 20 heavy (non-hydrogen) atoms. The molecule has 98 valence electrons. The molecule has 3 aromatic rings. The van der Waals surface area contributed by atoms with Gasteiger partial charge in [-0.2, -0.15) is 5.26 Å². The van der Waals surface area contributed by atoms with Crippen LogP contribution >= 0.6 is 27.3 Å². The Hall–Kier alpha value is -1.90. The highest BCUT2D eigenvalue weighted by molar-refractivity contribution is 9.10. The number of hydrogen-bond acceptors (Lipinski definition) is 3. The number of fused-ring (bicyclic) bond motifs is 1. The number of rotatable bonds is 2. The van der Waals surface area contributed by atoms with Crippen LogP contribution in [0, 0.1) is 17.1 Å². The molecule has 1 heterocycles. The van der Waals surface area contributed by atoms with Gasteiger partial charge in [-0.05, 0) is 63.1 Å². The fourth-order valence-electron chi connectivity index (χ4n) is 1.93. The Kier molecular flexibility index (Phi) is 3.43. The Bertz CT molecular complexity index is 835. The molecule has 0 saturated heterocycles. The highest BCUT2D eigenvalue weighted by Gasteiger charge is 2.11. The molecule has 0 spiro atoms. The second-order valence-electron chi connectivity index (χ2n) is 4.20. The minimum absolute atomic E-state index is 0.182. The van der Waals surface area contributed by atoms with E-state index in [2.05, 4.69) is 21.2 Å². The molecule has 0 amide bonds. The summed E-state index contributed by atoms with van der Waals surface area (Å²) in [5.74, 6) is -0.463. The first kappa shape index (κ1) is 13.1. The first-order valence-corrected chi connectivity index (χ1v) is 7.48. The summed E-state index contributed by atoms with van der Waals surface area (Å²) in [6.45, 7) is 0. The number of nitrogens with one attached hydrogen (secondary N) is 1. The maximum Gasteiger partial charge on any atom is 0.162 e. The molecular formula is C15H8BrFN2S. The molecule has 0 atom stereocenters. The van der Waals surface area contributed by atoms with Crippen molar-refractivity contribution in [2.45, 2.75) is 0 Å². The number of thiophene rings is 1. The third-order valence-corrected chi connectivity index (χ3v) is 4.61. The molecule has 0 saturated carbocycles. The molecule has 0 aliphatic carbocycles. The standard InChI is InChI=1S/C15H8BrFN2S/c16-14-10(8-18)1-3-12(15(14)17)19-11-2-4-13-9(7-11)5-6-20-13/h1-7,19H. The van der Waals surface area contributed by atoms with Crippen molar-refractivity contribution in [1.29, 1.82) is 5.26 Å². The van der Waals surface area contributed by atoms with E-state index < -0.39 is 5.82 Å². The van der Waals surface area contributed by atoms with E-state index in [4.69, 9.17) is 5.26 Å². The zero-order chi connectivity index (χ0) is 14.1. The van der Waals surface area contributed by atoms with Crippen molar-refractivity contribution >= 4 is 48.7 Å². The van der Waals surface area contributed by atoms with Crippen molar-refractivity contribution in [3.05, 3.63) is 57.6 Å². The summed E-state index contributed by atoms with van der Waals surface area (Å²) >= 11 is 4.77. The molecule has 0 fully saturated rings. The molecule has 2 nitrogen and oxygen atoms in total. The van der Waals surface area contributed by atoms with Crippen LogP contribution in [0.3, 0.4) is 0 Å². The molecule has 0 aliphatic rings. The molecule has 1 aromatic heterocycles. The van der Waals surface area contributed by atoms with E-state index in [-0.39, 0.29) is 10.0 Å². The van der Waals surface area contributed by atoms with E-state index >= 15 is 0 Å². The van der Waals surface area contributed by atoms with Crippen LogP contribution < -0.4 is 5.32 Å². The highest BCUT2D eigenvalue weighted by atomic mass is 79.9. The van der Waals surface area contributed by atoms with Crippen LogP contribution in [0.5, 0.6) is 0 Å². The van der Waals surface area contributed by atoms with Crippen molar-refractivity contribution in [2.24, 2.45) is 0 Å². The van der Waals surface area contributed by atoms with Gasteiger partial charge in [-0.1, -0.05) is 0 Å². The van der Waals surface area contributed by atoms with Gasteiger partial charge in [0.25, 0.3) is 0 Å². The third kappa shape index (κ3) is 2.28. The van der Waals surface area contributed by atoms with Gasteiger partial charge in [-0.15, -0.1) is 11.3 Å². The van der Waals surface area contributed by atoms with Gasteiger partial charge in [0.1, 0.15) is 6.07 Å². The lowest BCUT2D eigenvalue weighted by Crippen LogP contribution is -1.95. The maximum absolute atomic E-state index is 14.1. The molecule has 0 unspecified atom stereocenters. The molecule has 3 rings (SSSR count). The normalized spacial score (nSPS) is 10.4. The number of hydrogen-bond donors (Lipinski definition) is 1. The Morgan fingerprint density at radius 3 is 2.85 bits per heavy atom. The Labute approximate surface area is 127 Å². The van der Waals surface area contributed by atoms with Crippen LogP contribution in [0.25, 0.3) is 10.1 Å². The van der Waals surface area contributed by atoms with E-state index in [1.54, 1.807) is 23.5 Å². The third-order valence-electron chi connectivity index (χ3n) is 2.93. The lowest BCUT2D eigenvalue weighted by molar-refractivity contribution is 0.624. The van der Waals surface area contributed by atoms with Crippen molar-refractivity contribution in [3.63, 3.8) is 0 Å². The molecule has 5 heteroatoms. The van der Waals surface area contributed by atoms with Gasteiger partial charge in [0, 0.05) is 10.4 Å². The number of benzene rings is 2. The van der Waals surface area contributed by atoms with Crippen LogP contribution in [0.15, 0.2) is 46.3 Å². The van der Waals surface area contributed by atoms with E-state index in [9.17, 15) is 4.39 Å². The zero-order valence-corrected chi connectivity index (χ0v) is 12.6. The summed E-state index contributed by atoms with van der Waals surface area (Å²) in [4.78, 5) is 0. The largest absolute Gasteiger partial charge is 0.353 e. The van der Waals surface area contributed by atoms with Crippen molar-refractivity contribution < 1.29 is 4.39 Å². The Balaban J connectivity index is 1.98. The van der Waals surface area contributed by atoms with Crippen LogP contribution in [-0.4, -0.2) is 0 Å². The molecule has 0 aliphatic heterocycles. The van der Waals surface area contributed by atoms with Gasteiger partial charge < -0.3 is 5.32 Å². The summed E-state index contributed by atoms with van der Waals surface area (Å²) < 4.78 is 15.5. The summed E-state index contributed by atoms with van der Waals surface area (Å²) in [5, 5.41) is 15.0. The fraction of sp³-hybridized carbons (Fsp3) is 0. The van der Waals surface area contributed by atoms with Crippen molar-refractivity contribution in [3.8, 4) is 6.07 Å². The summed E-state index contributed by atoms with van der Waals surface area (Å²) in [7, 11) is 0. The van der Waals surface area contributed by atoms with Crippen molar-refractivity contribution in [2.75, 3.05) is 5.32 Å². The highest BCUT2D eigenvalue weighted by Crippen LogP contribution is 2.30. The molecule has 2 aromatic carbocycles. The zero-order valence-electron chi connectivity index (χ0n) is 10.2. The first-order valence-electron chi connectivity index (χ1n) is 5.81. The quantitative estimate of drug-likeness (QED) is 0.672. The van der Waals surface area contributed by atoms with E-state index in [1.807, 2.05) is 35.7 Å². The van der Waals surface area contributed by atoms with E-state index in [1.165, 1.54) is 4.70 Å². The number of nitrogens with zero attached hydrogens (tertiary/aromatic N) is 1. The topological polar surface area (TPSA) is 35.8 Å². The van der Waals surface area contributed by atoms with Crippen LogP contribution in [0.4, 0.5) is 15.8 Å². The Morgan fingerprint density at radius 1 is 1.20 bits per heavy atom. The van der Waals surface area contributed by atoms with Gasteiger partial charge in [-0.25, -0.2) is 4.39 Å². The Morgan fingerprint density at radius 2 is 2.05 bits per heavy atom. The summed E-state index contributed by atoms with van der Waals surface area (Å²) in [5.41, 5.74) is 1.43. The SMILES string of the molecule is N#Cc1ccc(Nc2ccc3sccc3c2)c(F)c1Br. The van der Waals surface area contributed by atoms with Crippen LogP contribution in [-0.2, 0) is 0 Å². The summed E-state index contributed by atoms with van der Waals surface area (Å²) in [6, 6.07) is 13.0. The minimum Gasteiger partial charge on any atom is -0.353 e. The lowest BCUT2D eigenvalue weighted by Gasteiger charge is -2.09. The second-order valence-corrected chi connectivity index (χ2v) is 5.94. The number of anilines is 2. The van der Waals surface area contributed by atoms with E-state index in [0.29, 0.717) is 5.69 Å². The van der Waals surface area contributed by atoms with Gasteiger partial charge in [0.2, 0.25) is 0 Å². The molecule has 0 radical (unpaired) electrons. The van der Waals surface area contributed by atoms with Gasteiger partial charge in [0.05, 0.1) is 15.7 Å². The molecular weight excluding hydrogens is 339 g/mol. The predicted molar refractivity (Wildman–Crippen MR) is 83.9 cm³/mol. The van der Waals surface area contributed by atoms with Gasteiger partial charge in [-0.3, -0.25) is 0 Å². The van der Waals surface area contributed by atoms with Gasteiger partial charge >= 0.3 is 0 Å². The average molecular weight is 347 g/mol.